The lowest BCUT2D eigenvalue weighted by atomic mass is 10.2. The van der Waals surface area contributed by atoms with E-state index in [0.29, 0.717) is 13.2 Å². The van der Waals surface area contributed by atoms with Gasteiger partial charge < -0.3 is 9.64 Å². The van der Waals surface area contributed by atoms with Crippen LogP contribution in [0, 0.1) is 0 Å². The fourth-order valence-corrected chi connectivity index (χ4v) is 1.60. The van der Waals surface area contributed by atoms with Crippen LogP contribution in [0.1, 0.15) is 6.42 Å². The van der Waals surface area contributed by atoms with Crippen molar-refractivity contribution < 1.29 is 13.5 Å². The van der Waals surface area contributed by atoms with E-state index in [1.54, 1.807) is 0 Å². The summed E-state index contributed by atoms with van der Waals surface area (Å²) in [4.78, 5) is 1.89. The molecule has 1 saturated heterocycles. The molecule has 0 aromatic rings. The molecule has 11 heavy (non-hydrogen) atoms. The summed E-state index contributed by atoms with van der Waals surface area (Å²) in [6.07, 6.45) is -0.0929. The Balaban J connectivity index is 2.06. The lowest BCUT2D eigenvalue weighted by Crippen LogP contribution is -2.44. The number of rotatable bonds is 0. The van der Waals surface area contributed by atoms with Gasteiger partial charge in [0.2, 0.25) is 0 Å². The van der Waals surface area contributed by atoms with Gasteiger partial charge in [-0.15, -0.1) is 0 Å². The quantitative estimate of drug-likeness (QED) is 0.522. The molecule has 2 aliphatic rings. The van der Waals surface area contributed by atoms with Gasteiger partial charge in [0, 0.05) is 13.1 Å². The largest absolute Gasteiger partial charge is 0.366 e. The second-order valence-electron chi connectivity index (χ2n) is 3.46. The molecule has 0 radical (unpaired) electrons. The molecule has 1 aliphatic heterocycles. The van der Waals surface area contributed by atoms with Crippen LogP contribution in [0.25, 0.3) is 0 Å². The lowest BCUT2D eigenvalue weighted by molar-refractivity contribution is -0.0990. The highest BCUT2D eigenvalue weighted by Gasteiger charge is 2.73. The summed E-state index contributed by atoms with van der Waals surface area (Å²) in [5.74, 6) is -2.57. The Hall–Kier alpha value is -0.220. The first kappa shape index (κ1) is 7.43. The highest BCUT2D eigenvalue weighted by atomic mass is 19.3. The molecule has 0 bridgehead atoms. The molecular formula is C7H11F2NO. The lowest BCUT2D eigenvalue weighted by Gasteiger charge is -2.30. The van der Waals surface area contributed by atoms with Gasteiger partial charge in [0.25, 0.3) is 5.92 Å². The van der Waals surface area contributed by atoms with E-state index in [0.717, 1.165) is 6.54 Å². The number of alkyl halides is 2. The fourth-order valence-electron chi connectivity index (χ4n) is 1.60. The summed E-state index contributed by atoms with van der Waals surface area (Å²) in [6, 6.07) is 0. The maximum atomic E-state index is 12.7. The van der Waals surface area contributed by atoms with Crippen LogP contribution in [-0.2, 0) is 4.74 Å². The molecule has 1 heterocycles. The third-order valence-electron chi connectivity index (χ3n) is 2.43. The van der Waals surface area contributed by atoms with Crippen LogP contribution in [-0.4, -0.2) is 43.2 Å². The topological polar surface area (TPSA) is 12.5 Å². The van der Waals surface area contributed by atoms with Gasteiger partial charge in [-0.2, -0.15) is 0 Å². The molecule has 0 N–H and O–H groups in total. The van der Waals surface area contributed by atoms with Crippen molar-refractivity contribution in [1.29, 1.82) is 0 Å². The van der Waals surface area contributed by atoms with E-state index in [1.165, 1.54) is 0 Å². The number of morpholine rings is 1. The molecule has 2 nitrogen and oxygen atoms in total. The predicted molar refractivity (Wildman–Crippen MR) is 35.7 cm³/mol. The Morgan fingerprint density at radius 2 is 2.09 bits per heavy atom. The standard InChI is InChI=1S/C7H11F2NO/c1-10-2-3-11-6(5-10)4-7(6,8)9/h2-5H2,1H3. The Morgan fingerprint density at radius 3 is 2.45 bits per heavy atom. The van der Waals surface area contributed by atoms with Crippen molar-refractivity contribution in [1.82, 2.24) is 4.90 Å². The number of likely N-dealkylation sites (N-methyl/N-ethyl adjacent to an activating group) is 1. The Morgan fingerprint density at radius 1 is 1.45 bits per heavy atom. The van der Waals surface area contributed by atoms with Crippen LogP contribution in [0.4, 0.5) is 8.78 Å². The van der Waals surface area contributed by atoms with E-state index in [-0.39, 0.29) is 6.42 Å². The van der Waals surface area contributed by atoms with Crippen LogP contribution in [0.2, 0.25) is 0 Å². The van der Waals surface area contributed by atoms with Gasteiger partial charge in [-0.3, -0.25) is 0 Å². The molecule has 1 unspecified atom stereocenters. The second kappa shape index (κ2) is 1.93. The number of ether oxygens (including phenoxy) is 1. The smallest absolute Gasteiger partial charge is 0.280 e. The van der Waals surface area contributed by atoms with E-state index in [9.17, 15) is 8.78 Å². The van der Waals surface area contributed by atoms with E-state index >= 15 is 0 Å². The number of hydrogen-bond donors (Lipinski definition) is 0. The minimum Gasteiger partial charge on any atom is -0.366 e. The first-order chi connectivity index (χ1) is 5.06. The maximum Gasteiger partial charge on any atom is 0.280 e. The van der Waals surface area contributed by atoms with Gasteiger partial charge in [0.1, 0.15) is 5.60 Å². The molecule has 0 aromatic heterocycles. The van der Waals surface area contributed by atoms with Gasteiger partial charge >= 0.3 is 0 Å². The summed E-state index contributed by atoms with van der Waals surface area (Å²) in [6.45, 7) is 1.57. The van der Waals surface area contributed by atoms with Crippen molar-refractivity contribution in [2.24, 2.45) is 0 Å². The van der Waals surface area contributed by atoms with Gasteiger partial charge in [-0.1, -0.05) is 0 Å². The van der Waals surface area contributed by atoms with Crippen LogP contribution < -0.4 is 0 Å². The Labute approximate surface area is 64.1 Å². The SMILES string of the molecule is CN1CCOC2(C1)CC2(F)F. The van der Waals surface area contributed by atoms with Crippen molar-refractivity contribution in [3.8, 4) is 0 Å². The Bertz CT molecular complexity index is 185. The normalized spacial score (nSPS) is 42.8. The first-order valence-corrected chi connectivity index (χ1v) is 3.76. The highest BCUT2D eigenvalue weighted by Crippen LogP contribution is 2.56. The van der Waals surface area contributed by atoms with Crippen LogP contribution in [0.5, 0.6) is 0 Å². The summed E-state index contributed by atoms with van der Waals surface area (Å²) >= 11 is 0. The van der Waals surface area contributed by atoms with Crippen molar-refractivity contribution in [2.45, 2.75) is 17.9 Å². The molecule has 64 valence electrons. The minimum atomic E-state index is -2.57. The molecule has 2 fully saturated rings. The van der Waals surface area contributed by atoms with Crippen molar-refractivity contribution in [2.75, 3.05) is 26.7 Å². The zero-order valence-electron chi connectivity index (χ0n) is 6.44. The molecule has 1 atom stereocenters. The van der Waals surface area contributed by atoms with Crippen molar-refractivity contribution in [3.05, 3.63) is 0 Å². The summed E-state index contributed by atoms with van der Waals surface area (Å²) in [5, 5.41) is 0. The Kier molecular flexibility index (Phi) is 1.30. The van der Waals surface area contributed by atoms with Crippen LogP contribution in [0.15, 0.2) is 0 Å². The molecule has 1 spiro atoms. The summed E-state index contributed by atoms with van der Waals surface area (Å²) in [5.41, 5.74) is -1.11. The molecule has 1 saturated carbocycles. The summed E-state index contributed by atoms with van der Waals surface area (Å²) < 4.78 is 30.5. The zero-order valence-corrected chi connectivity index (χ0v) is 6.44. The third kappa shape index (κ3) is 0.964. The number of hydrogen-bond acceptors (Lipinski definition) is 2. The van der Waals surface area contributed by atoms with E-state index < -0.39 is 11.5 Å². The molecule has 2 rings (SSSR count). The third-order valence-corrected chi connectivity index (χ3v) is 2.43. The van der Waals surface area contributed by atoms with Gasteiger partial charge in [0.15, 0.2) is 0 Å². The highest BCUT2D eigenvalue weighted by molar-refractivity contribution is 5.15. The molecule has 0 aromatic carbocycles. The van der Waals surface area contributed by atoms with Crippen molar-refractivity contribution >= 4 is 0 Å². The zero-order chi connectivity index (χ0) is 8.11. The minimum absolute atomic E-state index is 0.0929. The fraction of sp³-hybridized carbons (Fsp3) is 1.00. The molecule has 0 amide bonds. The number of halogens is 2. The second-order valence-corrected chi connectivity index (χ2v) is 3.46. The average molecular weight is 163 g/mol. The maximum absolute atomic E-state index is 12.7. The number of nitrogens with zero attached hydrogens (tertiary/aromatic N) is 1. The van der Waals surface area contributed by atoms with Gasteiger partial charge in [-0.05, 0) is 7.05 Å². The first-order valence-electron chi connectivity index (χ1n) is 3.76. The molecule has 1 aliphatic carbocycles. The van der Waals surface area contributed by atoms with Crippen LogP contribution >= 0.6 is 0 Å². The molecule has 4 heteroatoms. The molecular weight excluding hydrogens is 152 g/mol. The van der Waals surface area contributed by atoms with Crippen LogP contribution in [0.3, 0.4) is 0 Å². The summed E-state index contributed by atoms with van der Waals surface area (Å²) in [7, 11) is 1.85. The van der Waals surface area contributed by atoms with E-state index in [1.807, 2.05) is 11.9 Å². The van der Waals surface area contributed by atoms with Gasteiger partial charge in [0.05, 0.1) is 13.0 Å². The van der Waals surface area contributed by atoms with E-state index in [4.69, 9.17) is 4.74 Å². The monoisotopic (exact) mass is 163 g/mol. The van der Waals surface area contributed by atoms with Crippen molar-refractivity contribution in [3.63, 3.8) is 0 Å². The van der Waals surface area contributed by atoms with E-state index in [2.05, 4.69) is 0 Å². The average Bonchev–Trinajstić information content (AvgIpc) is 2.32. The van der Waals surface area contributed by atoms with Gasteiger partial charge in [-0.25, -0.2) is 8.78 Å². The predicted octanol–water partition coefficient (Wildman–Crippen LogP) is 0.726.